The smallest absolute Gasteiger partial charge is 0.305 e. The van der Waals surface area contributed by atoms with Gasteiger partial charge in [0.25, 0.3) is 0 Å². The monoisotopic (exact) mass is 465 g/mol. The number of nitrogens with two attached hydrogens (primary N) is 2. The molecule has 0 aromatic rings. The van der Waals surface area contributed by atoms with Gasteiger partial charge in [-0.25, -0.2) is 0 Å². The zero-order valence-corrected chi connectivity index (χ0v) is 18.3. The van der Waals surface area contributed by atoms with E-state index in [1.807, 2.05) is 0 Å². The minimum atomic E-state index is -1.22. The van der Waals surface area contributed by atoms with Gasteiger partial charge in [-0.2, -0.15) is 0 Å². The van der Waals surface area contributed by atoms with Crippen molar-refractivity contribution in [1.82, 2.24) is 20.9 Å². The van der Waals surface area contributed by atoms with Crippen LogP contribution in [-0.4, -0.2) is 88.7 Å². The molecule has 5 atom stereocenters. The molecule has 3 amide bonds. The topological polar surface area (TPSA) is 209 Å². The Bertz CT molecular complexity index is 843. The number of amides is 3. The Labute approximate surface area is 190 Å². The number of nitrogens with one attached hydrogen (secondary N) is 3. The second-order valence-electron chi connectivity index (χ2n) is 8.63. The van der Waals surface area contributed by atoms with Crippen molar-refractivity contribution in [2.45, 2.75) is 75.2 Å². The highest BCUT2D eigenvalue weighted by molar-refractivity contribution is 5.98. The van der Waals surface area contributed by atoms with Crippen LogP contribution in [0.4, 0.5) is 0 Å². The molecule has 13 heteroatoms. The fourth-order valence-electron chi connectivity index (χ4n) is 4.80. The van der Waals surface area contributed by atoms with Crippen LogP contribution in [0.5, 0.6) is 0 Å². The number of fused-ring (bicyclic) bond motifs is 1. The van der Waals surface area contributed by atoms with Crippen molar-refractivity contribution in [2.75, 3.05) is 13.1 Å². The third-order valence-corrected chi connectivity index (χ3v) is 6.32. The van der Waals surface area contributed by atoms with Gasteiger partial charge in [0.05, 0.1) is 37.1 Å². The molecule has 3 aliphatic rings. The molecule has 0 saturated carbocycles. The Morgan fingerprint density at radius 3 is 2.52 bits per heavy atom. The van der Waals surface area contributed by atoms with Crippen LogP contribution in [0.3, 0.4) is 0 Å². The quantitative estimate of drug-likeness (QED) is 0.135. The molecule has 3 saturated heterocycles. The molecule has 2 bridgehead atoms. The molecular weight excluding hydrogens is 434 g/mol. The van der Waals surface area contributed by atoms with Crippen molar-refractivity contribution in [3.63, 3.8) is 0 Å². The van der Waals surface area contributed by atoms with E-state index in [2.05, 4.69) is 20.9 Å². The van der Waals surface area contributed by atoms with Crippen LogP contribution in [0, 0.1) is 0 Å². The molecular formula is C20H31N7O6. The Kier molecular flexibility index (Phi) is 7.84. The number of piperidine rings is 1. The molecule has 8 N–H and O–H groups in total. The first kappa shape index (κ1) is 24.4. The largest absolute Gasteiger partial charge is 0.481 e. The van der Waals surface area contributed by atoms with E-state index in [0.717, 1.165) is 0 Å². The summed E-state index contributed by atoms with van der Waals surface area (Å²) in [6.07, 6.45) is 2.37. The van der Waals surface area contributed by atoms with Crippen molar-refractivity contribution in [3.05, 3.63) is 0 Å². The molecule has 182 valence electrons. The molecule has 0 aromatic carbocycles. The first-order valence-electron chi connectivity index (χ1n) is 11.1. The average molecular weight is 466 g/mol. The SMILES string of the molecule is NC(N)=NCCC[C@@H]1NC(=O)CNC(=O)[C@H](CC(=O)O)N[C@H]2CC[C@@H]3CC[C@@H](C1=O)N3C2=O. The van der Waals surface area contributed by atoms with Crippen molar-refractivity contribution < 1.29 is 29.1 Å². The van der Waals surface area contributed by atoms with Crippen molar-refractivity contribution >= 4 is 35.4 Å². The summed E-state index contributed by atoms with van der Waals surface area (Å²) in [5, 5.41) is 17.1. The summed E-state index contributed by atoms with van der Waals surface area (Å²) in [4.78, 5) is 68.5. The third kappa shape index (κ3) is 5.97. The molecule has 0 unspecified atom stereocenters. The number of rotatable bonds is 6. The van der Waals surface area contributed by atoms with E-state index in [9.17, 15) is 29.1 Å². The fourth-order valence-corrected chi connectivity index (χ4v) is 4.80. The second-order valence-corrected chi connectivity index (χ2v) is 8.63. The molecule has 0 radical (unpaired) electrons. The maximum absolute atomic E-state index is 13.4. The lowest BCUT2D eigenvalue weighted by Crippen LogP contribution is -2.61. The van der Waals surface area contributed by atoms with Gasteiger partial charge < -0.3 is 32.1 Å². The summed E-state index contributed by atoms with van der Waals surface area (Å²) < 4.78 is 0. The number of nitrogens with zero attached hydrogens (tertiary/aromatic N) is 2. The average Bonchev–Trinajstić information content (AvgIpc) is 3.18. The van der Waals surface area contributed by atoms with Gasteiger partial charge in [0.1, 0.15) is 0 Å². The maximum atomic E-state index is 13.4. The van der Waals surface area contributed by atoms with Crippen LogP contribution < -0.4 is 27.4 Å². The van der Waals surface area contributed by atoms with Gasteiger partial charge in [-0.05, 0) is 38.5 Å². The van der Waals surface area contributed by atoms with Gasteiger partial charge in [0, 0.05) is 12.6 Å². The standard InChI is InChI=1S/C20H31N7O6/c21-20(22)23-7-1-2-11-17(31)14-6-4-10-3-5-12(19(33)27(10)14)25-13(8-16(29)30)18(32)24-9-15(28)26-11/h10-14,25H,1-9H2,(H,24,32)(H,26,28)(H,29,30)(H4,21,22,23)/t10-,11+,12+,13+,14+/m1/s1. The highest BCUT2D eigenvalue weighted by Crippen LogP contribution is 2.34. The third-order valence-electron chi connectivity index (χ3n) is 6.32. The summed E-state index contributed by atoms with van der Waals surface area (Å²) in [6, 6.07) is -3.63. The molecule has 33 heavy (non-hydrogen) atoms. The number of guanidine groups is 1. The van der Waals surface area contributed by atoms with Crippen LogP contribution >= 0.6 is 0 Å². The van der Waals surface area contributed by atoms with E-state index in [4.69, 9.17) is 11.5 Å². The van der Waals surface area contributed by atoms with E-state index in [1.165, 1.54) is 0 Å². The number of hydrogen-bond acceptors (Lipinski definition) is 7. The molecule has 3 rings (SSSR count). The number of hydrogen-bond donors (Lipinski definition) is 6. The Balaban J connectivity index is 1.86. The summed E-state index contributed by atoms with van der Waals surface area (Å²) in [7, 11) is 0. The van der Waals surface area contributed by atoms with E-state index in [-0.39, 0.29) is 36.7 Å². The number of aliphatic carboxylic acids is 1. The Morgan fingerprint density at radius 1 is 1.09 bits per heavy atom. The first-order valence-corrected chi connectivity index (χ1v) is 11.1. The number of carboxylic acid groups (broad SMARTS) is 1. The number of Topliss-reactive ketones (excluding diaryl/α,β-unsaturated/α-hetero) is 1. The Morgan fingerprint density at radius 2 is 1.82 bits per heavy atom. The summed E-state index contributed by atoms with van der Waals surface area (Å²) in [5.74, 6) is -3.17. The zero-order valence-electron chi connectivity index (χ0n) is 18.3. The van der Waals surface area contributed by atoms with Crippen LogP contribution in [-0.2, 0) is 24.0 Å². The van der Waals surface area contributed by atoms with Crippen molar-refractivity contribution in [1.29, 1.82) is 0 Å². The molecule has 0 spiro atoms. The normalized spacial score (nSPS) is 30.4. The van der Waals surface area contributed by atoms with Gasteiger partial charge in [-0.1, -0.05) is 0 Å². The minimum absolute atomic E-state index is 0.0741. The molecule has 0 aliphatic carbocycles. The molecule has 3 aliphatic heterocycles. The maximum Gasteiger partial charge on any atom is 0.305 e. The number of aliphatic imine (C=N–C) groups is 1. The Hall–Kier alpha value is -3.22. The van der Waals surface area contributed by atoms with E-state index < -0.39 is 54.9 Å². The first-order chi connectivity index (χ1) is 15.7. The lowest BCUT2D eigenvalue weighted by Gasteiger charge is -2.39. The molecule has 13 nitrogen and oxygen atoms in total. The predicted octanol–water partition coefficient (Wildman–Crippen LogP) is -2.82. The fraction of sp³-hybridized carbons (Fsp3) is 0.700. The van der Waals surface area contributed by atoms with E-state index in [0.29, 0.717) is 32.1 Å². The number of carbonyl (C=O) groups is 5. The summed E-state index contributed by atoms with van der Waals surface area (Å²) in [6.45, 7) is -0.151. The molecule has 3 fully saturated rings. The lowest BCUT2D eigenvalue weighted by atomic mass is 9.95. The van der Waals surface area contributed by atoms with Crippen LogP contribution in [0.2, 0.25) is 0 Å². The van der Waals surface area contributed by atoms with Gasteiger partial charge in [-0.15, -0.1) is 0 Å². The number of carboxylic acids is 1. The highest BCUT2D eigenvalue weighted by atomic mass is 16.4. The van der Waals surface area contributed by atoms with Crippen molar-refractivity contribution in [2.24, 2.45) is 16.5 Å². The molecule has 3 heterocycles. The predicted molar refractivity (Wildman–Crippen MR) is 116 cm³/mol. The van der Waals surface area contributed by atoms with Crippen LogP contribution in [0.15, 0.2) is 4.99 Å². The van der Waals surface area contributed by atoms with Gasteiger partial charge in [0.2, 0.25) is 17.7 Å². The lowest BCUT2D eigenvalue weighted by molar-refractivity contribution is -0.146. The summed E-state index contributed by atoms with van der Waals surface area (Å²) >= 11 is 0. The van der Waals surface area contributed by atoms with Gasteiger partial charge in [-0.3, -0.25) is 34.3 Å². The molecule has 0 aromatic heterocycles. The zero-order chi connectivity index (χ0) is 24.1. The van der Waals surface area contributed by atoms with E-state index in [1.54, 1.807) is 4.90 Å². The van der Waals surface area contributed by atoms with E-state index >= 15 is 0 Å². The highest BCUT2D eigenvalue weighted by Gasteiger charge is 2.48. The van der Waals surface area contributed by atoms with Crippen molar-refractivity contribution in [3.8, 4) is 0 Å². The van der Waals surface area contributed by atoms with Crippen LogP contribution in [0.1, 0.15) is 44.9 Å². The number of carbonyl (C=O) groups excluding carboxylic acids is 4. The van der Waals surface area contributed by atoms with Gasteiger partial charge in [0.15, 0.2) is 11.7 Å². The minimum Gasteiger partial charge on any atom is -0.481 e. The second kappa shape index (κ2) is 10.6. The summed E-state index contributed by atoms with van der Waals surface area (Å²) in [5.41, 5.74) is 10.7. The number of ketones is 1. The van der Waals surface area contributed by atoms with Gasteiger partial charge >= 0.3 is 5.97 Å². The van der Waals surface area contributed by atoms with Crippen LogP contribution in [0.25, 0.3) is 0 Å².